The summed E-state index contributed by atoms with van der Waals surface area (Å²) in [4.78, 5) is 12.6. The number of rotatable bonds is 7. The lowest BCUT2D eigenvalue weighted by molar-refractivity contribution is -0.147. The number of ether oxygens (including phenoxy) is 4. The monoisotopic (exact) mass is 373 g/mol. The van der Waals surface area contributed by atoms with Gasteiger partial charge in [-0.25, -0.2) is 0 Å². The minimum atomic E-state index is -0.784. The molecule has 0 unspecified atom stereocenters. The normalized spacial score (nSPS) is 15.7. The van der Waals surface area contributed by atoms with Crippen molar-refractivity contribution in [1.82, 2.24) is 0 Å². The number of hydrogen-bond acceptors (Lipinski definition) is 7. The summed E-state index contributed by atoms with van der Waals surface area (Å²) in [6.07, 6.45) is 0. The van der Waals surface area contributed by atoms with Crippen LogP contribution in [0.15, 0.2) is 42.5 Å². The molecule has 27 heavy (non-hydrogen) atoms. The Bertz CT molecular complexity index is 792. The van der Waals surface area contributed by atoms with E-state index in [-0.39, 0.29) is 13.4 Å². The third-order valence-electron chi connectivity index (χ3n) is 4.82. The molecule has 0 saturated carbocycles. The molecule has 1 aliphatic rings. The molecule has 3 rings (SSSR count). The summed E-state index contributed by atoms with van der Waals surface area (Å²) in [5, 5.41) is 10.1. The zero-order valence-corrected chi connectivity index (χ0v) is 15.3. The van der Waals surface area contributed by atoms with E-state index in [1.165, 1.54) is 7.11 Å². The predicted octanol–water partition coefficient (Wildman–Crippen LogP) is 1.99. The standard InChI is InChI=1S/C20H23NO6/c1-24-14-6-3-12(4-7-14)19(21)18(20(23)25-2)15(10-22)13-5-8-16-17(9-13)27-11-26-16/h3-9,15,18-19,22H,10-11,21H2,1-2H3/t15-,18-,19+/m1/s1. The summed E-state index contributed by atoms with van der Waals surface area (Å²) in [5.41, 5.74) is 7.89. The molecule has 0 spiro atoms. The van der Waals surface area contributed by atoms with Gasteiger partial charge in [0.15, 0.2) is 11.5 Å². The first kappa shape index (κ1) is 19.0. The van der Waals surface area contributed by atoms with Gasteiger partial charge in [-0.05, 0) is 35.4 Å². The molecule has 0 aliphatic carbocycles. The van der Waals surface area contributed by atoms with E-state index >= 15 is 0 Å². The average Bonchev–Trinajstić information content (AvgIpc) is 3.18. The second-order valence-electron chi connectivity index (χ2n) is 6.25. The first-order valence-electron chi connectivity index (χ1n) is 8.56. The number of aliphatic hydroxyl groups excluding tert-OH is 1. The highest BCUT2D eigenvalue weighted by molar-refractivity contribution is 5.75. The van der Waals surface area contributed by atoms with Crippen LogP contribution in [0.1, 0.15) is 23.1 Å². The van der Waals surface area contributed by atoms with Gasteiger partial charge >= 0.3 is 5.97 Å². The van der Waals surface area contributed by atoms with Crippen LogP contribution in [0.25, 0.3) is 0 Å². The van der Waals surface area contributed by atoms with Crippen LogP contribution in [-0.4, -0.2) is 38.7 Å². The molecule has 0 amide bonds. The Labute approximate surface area is 157 Å². The summed E-state index contributed by atoms with van der Waals surface area (Å²) >= 11 is 0. The molecule has 0 saturated heterocycles. The van der Waals surface area contributed by atoms with E-state index in [2.05, 4.69) is 0 Å². The van der Waals surface area contributed by atoms with Crippen LogP contribution in [0.4, 0.5) is 0 Å². The second-order valence-corrected chi connectivity index (χ2v) is 6.25. The van der Waals surface area contributed by atoms with Crippen molar-refractivity contribution in [2.75, 3.05) is 27.6 Å². The maximum Gasteiger partial charge on any atom is 0.311 e. The van der Waals surface area contributed by atoms with Gasteiger partial charge < -0.3 is 29.8 Å². The topological polar surface area (TPSA) is 100 Å². The number of benzene rings is 2. The number of fused-ring (bicyclic) bond motifs is 1. The fourth-order valence-corrected chi connectivity index (χ4v) is 3.30. The molecule has 1 aliphatic heterocycles. The van der Waals surface area contributed by atoms with Gasteiger partial charge in [-0.3, -0.25) is 4.79 Å². The maximum atomic E-state index is 12.6. The minimum Gasteiger partial charge on any atom is -0.497 e. The van der Waals surface area contributed by atoms with E-state index in [4.69, 9.17) is 24.7 Å². The van der Waals surface area contributed by atoms with Crippen LogP contribution in [0.3, 0.4) is 0 Å². The molecule has 2 aromatic rings. The van der Waals surface area contributed by atoms with Gasteiger partial charge in [0.25, 0.3) is 0 Å². The minimum absolute atomic E-state index is 0.147. The quantitative estimate of drug-likeness (QED) is 0.716. The molecule has 1 heterocycles. The van der Waals surface area contributed by atoms with Gasteiger partial charge in [0.05, 0.1) is 26.7 Å². The van der Waals surface area contributed by atoms with Crippen LogP contribution < -0.4 is 19.9 Å². The fraction of sp³-hybridized carbons (Fsp3) is 0.350. The molecule has 0 fully saturated rings. The highest BCUT2D eigenvalue weighted by Crippen LogP contribution is 2.39. The average molecular weight is 373 g/mol. The molecular weight excluding hydrogens is 350 g/mol. The lowest BCUT2D eigenvalue weighted by Crippen LogP contribution is -2.35. The van der Waals surface area contributed by atoms with Crippen molar-refractivity contribution in [2.45, 2.75) is 12.0 Å². The van der Waals surface area contributed by atoms with Crippen LogP contribution >= 0.6 is 0 Å². The smallest absolute Gasteiger partial charge is 0.311 e. The number of carbonyl (C=O) groups excluding carboxylic acids is 1. The summed E-state index contributed by atoms with van der Waals surface area (Å²) in [5.74, 6) is 0.0556. The molecule has 0 aromatic heterocycles. The Balaban J connectivity index is 1.95. The Morgan fingerprint density at radius 3 is 2.41 bits per heavy atom. The number of aliphatic hydroxyl groups is 1. The van der Waals surface area contributed by atoms with Gasteiger partial charge in [-0.15, -0.1) is 0 Å². The Morgan fingerprint density at radius 2 is 1.78 bits per heavy atom. The molecule has 144 valence electrons. The van der Waals surface area contributed by atoms with E-state index in [1.54, 1.807) is 49.6 Å². The lowest BCUT2D eigenvalue weighted by Gasteiger charge is -2.29. The van der Waals surface area contributed by atoms with E-state index < -0.39 is 23.8 Å². The van der Waals surface area contributed by atoms with Crippen LogP contribution in [0.2, 0.25) is 0 Å². The molecule has 0 radical (unpaired) electrons. The molecule has 2 aromatic carbocycles. The lowest BCUT2D eigenvalue weighted by atomic mass is 9.79. The van der Waals surface area contributed by atoms with Crippen LogP contribution in [-0.2, 0) is 9.53 Å². The number of esters is 1. The number of methoxy groups -OCH3 is 2. The molecule has 3 N–H and O–H groups in total. The van der Waals surface area contributed by atoms with Crippen molar-refractivity contribution in [1.29, 1.82) is 0 Å². The van der Waals surface area contributed by atoms with Crippen molar-refractivity contribution in [3.63, 3.8) is 0 Å². The zero-order chi connectivity index (χ0) is 19.4. The van der Waals surface area contributed by atoms with Crippen molar-refractivity contribution < 1.29 is 28.8 Å². The predicted molar refractivity (Wildman–Crippen MR) is 97.8 cm³/mol. The Hall–Kier alpha value is -2.77. The Kier molecular flexibility index (Phi) is 5.83. The van der Waals surface area contributed by atoms with E-state index in [0.29, 0.717) is 17.2 Å². The first-order valence-corrected chi connectivity index (χ1v) is 8.56. The van der Waals surface area contributed by atoms with Crippen LogP contribution in [0.5, 0.6) is 17.2 Å². The number of nitrogens with two attached hydrogens (primary N) is 1. The number of carbonyl (C=O) groups is 1. The maximum absolute atomic E-state index is 12.6. The molecular formula is C20H23NO6. The third kappa shape index (κ3) is 3.84. The highest BCUT2D eigenvalue weighted by atomic mass is 16.7. The van der Waals surface area contributed by atoms with Crippen molar-refractivity contribution in [2.24, 2.45) is 11.7 Å². The molecule has 0 bridgehead atoms. The van der Waals surface area contributed by atoms with Gasteiger partial charge in [0.2, 0.25) is 6.79 Å². The van der Waals surface area contributed by atoms with Crippen LogP contribution in [0, 0.1) is 5.92 Å². The van der Waals surface area contributed by atoms with Crippen molar-refractivity contribution in [3.05, 3.63) is 53.6 Å². The van der Waals surface area contributed by atoms with Gasteiger partial charge in [0, 0.05) is 12.0 Å². The van der Waals surface area contributed by atoms with Gasteiger partial charge in [-0.2, -0.15) is 0 Å². The summed E-state index contributed by atoms with van der Waals surface area (Å²) in [7, 11) is 2.89. The van der Waals surface area contributed by atoms with E-state index in [0.717, 1.165) is 11.1 Å². The van der Waals surface area contributed by atoms with Crippen molar-refractivity contribution in [3.8, 4) is 17.2 Å². The van der Waals surface area contributed by atoms with E-state index in [1.807, 2.05) is 0 Å². The largest absolute Gasteiger partial charge is 0.497 e. The zero-order valence-electron chi connectivity index (χ0n) is 15.3. The fourth-order valence-electron chi connectivity index (χ4n) is 3.30. The third-order valence-corrected chi connectivity index (χ3v) is 4.82. The van der Waals surface area contributed by atoms with Gasteiger partial charge in [-0.1, -0.05) is 18.2 Å². The summed E-state index contributed by atoms with van der Waals surface area (Å²) in [6, 6.07) is 11.8. The number of hydrogen-bond donors (Lipinski definition) is 2. The summed E-state index contributed by atoms with van der Waals surface area (Å²) in [6.45, 7) is -0.127. The van der Waals surface area contributed by atoms with Crippen molar-refractivity contribution >= 4 is 5.97 Å². The Morgan fingerprint density at radius 1 is 1.11 bits per heavy atom. The van der Waals surface area contributed by atoms with E-state index in [9.17, 15) is 9.90 Å². The SMILES string of the molecule is COC(=O)[C@H]([C@H](CO)c1ccc2c(c1)OCO2)[C@@H](N)c1ccc(OC)cc1. The second kappa shape index (κ2) is 8.28. The highest BCUT2D eigenvalue weighted by Gasteiger charge is 2.36. The molecule has 7 heteroatoms. The molecule has 7 nitrogen and oxygen atoms in total. The summed E-state index contributed by atoms with van der Waals surface area (Å²) < 4.78 is 20.9. The molecule has 3 atom stereocenters. The first-order chi connectivity index (χ1) is 13.1. The van der Waals surface area contributed by atoms with Gasteiger partial charge in [0.1, 0.15) is 5.75 Å².